The number of hydrogen-bond acceptors (Lipinski definition) is 10. The number of carbonyl (C=O) groups is 2. The SMILES string of the molecule is CCOC(=O)COc1c(I)cc(Br)cc1/C=c1\sc2n(c1=O)[C@@H](c1ccc(OC)c(OC)c1)C(C(=O)OCC)=C(c1ccccc1)N=2. The molecule has 10 nitrogen and oxygen atoms in total. The zero-order valence-electron chi connectivity index (χ0n) is 25.9. The summed E-state index contributed by atoms with van der Waals surface area (Å²) in [4.78, 5) is 45.6. The molecule has 1 aliphatic rings. The van der Waals surface area contributed by atoms with Gasteiger partial charge in [-0.2, -0.15) is 0 Å². The van der Waals surface area contributed by atoms with Crippen molar-refractivity contribution in [3.63, 3.8) is 0 Å². The van der Waals surface area contributed by atoms with Gasteiger partial charge in [0.2, 0.25) is 0 Å². The molecule has 1 aliphatic heterocycles. The van der Waals surface area contributed by atoms with Crippen LogP contribution in [0.5, 0.6) is 17.2 Å². The van der Waals surface area contributed by atoms with Gasteiger partial charge in [0.25, 0.3) is 5.56 Å². The topological polar surface area (TPSA) is 115 Å². The second kappa shape index (κ2) is 15.3. The predicted molar refractivity (Wildman–Crippen MR) is 190 cm³/mol. The number of fused-ring (bicyclic) bond motifs is 1. The number of aromatic nitrogens is 1. The molecule has 4 aromatic rings. The molecule has 0 aliphatic carbocycles. The third kappa shape index (κ3) is 7.31. The number of benzene rings is 3. The first-order chi connectivity index (χ1) is 22.7. The fourth-order valence-electron chi connectivity index (χ4n) is 5.09. The van der Waals surface area contributed by atoms with E-state index in [4.69, 9.17) is 28.7 Å². The third-order valence-corrected chi connectivity index (χ3v) is 9.30. The Balaban J connectivity index is 1.79. The van der Waals surface area contributed by atoms with Gasteiger partial charge in [-0.1, -0.05) is 63.7 Å². The molecule has 47 heavy (non-hydrogen) atoms. The van der Waals surface area contributed by atoms with Crippen molar-refractivity contribution >= 4 is 73.6 Å². The van der Waals surface area contributed by atoms with E-state index in [9.17, 15) is 14.4 Å². The van der Waals surface area contributed by atoms with E-state index in [1.54, 1.807) is 44.2 Å². The van der Waals surface area contributed by atoms with Crippen molar-refractivity contribution in [3.05, 3.63) is 111 Å². The number of ether oxygens (including phenoxy) is 5. The highest BCUT2D eigenvalue weighted by Gasteiger charge is 2.35. The number of hydrogen-bond donors (Lipinski definition) is 0. The first kappa shape index (κ1) is 34.4. The maximum Gasteiger partial charge on any atom is 0.344 e. The van der Waals surface area contributed by atoms with E-state index in [1.807, 2.05) is 36.4 Å². The summed E-state index contributed by atoms with van der Waals surface area (Å²) in [6.07, 6.45) is 1.69. The Hall–Kier alpha value is -3.95. The minimum absolute atomic E-state index is 0.129. The van der Waals surface area contributed by atoms with Crippen LogP contribution in [0.15, 0.2) is 80.5 Å². The number of halogens is 2. The molecule has 1 atom stereocenters. The van der Waals surface area contributed by atoms with Gasteiger partial charge in [0.15, 0.2) is 22.9 Å². The Morgan fingerprint density at radius 2 is 1.72 bits per heavy atom. The number of nitrogens with zero attached hydrogens (tertiary/aromatic N) is 2. The fourth-order valence-corrected chi connectivity index (χ4v) is 7.79. The van der Waals surface area contributed by atoms with Crippen molar-refractivity contribution in [2.45, 2.75) is 19.9 Å². The van der Waals surface area contributed by atoms with Crippen molar-refractivity contribution < 1.29 is 33.3 Å². The molecule has 0 saturated carbocycles. The molecule has 0 N–H and O–H groups in total. The molecule has 13 heteroatoms. The molecular formula is C34H30BrIN2O8S. The predicted octanol–water partition coefficient (Wildman–Crippen LogP) is 5.26. The zero-order chi connectivity index (χ0) is 33.7. The van der Waals surface area contributed by atoms with Gasteiger partial charge in [-0.3, -0.25) is 9.36 Å². The van der Waals surface area contributed by atoms with Gasteiger partial charge in [0, 0.05) is 15.6 Å². The Morgan fingerprint density at radius 1 is 1.00 bits per heavy atom. The average Bonchev–Trinajstić information content (AvgIpc) is 3.37. The summed E-state index contributed by atoms with van der Waals surface area (Å²) >= 11 is 6.81. The normalized spacial score (nSPS) is 14.3. The molecule has 0 unspecified atom stereocenters. The monoisotopic (exact) mass is 832 g/mol. The molecule has 0 amide bonds. The van der Waals surface area contributed by atoms with E-state index in [-0.39, 0.29) is 31.0 Å². The Bertz CT molecular complexity index is 2040. The minimum Gasteiger partial charge on any atom is -0.493 e. The highest BCUT2D eigenvalue weighted by molar-refractivity contribution is 14.1. The summed E-state index contributed by atoms with van der Waals surface area (Å²) in [5.41, 5.74) is 2.07. The van der Waals surface area contributed by atoms with Crippen molar-refractivity contribution in [3.8, 4) is 17.2 Å². The lowest BCUT2D eigenvalue weighted by Crippen LogP contribution is -2.40. The van der Waals surface area contributed by atoms with E-state index in [2.05, 4.69) is 38.5 Å². The van der Waals surface area contributed by atoms with Crippen LogP contribution in [-0.4, -0.2) is 50.5 Å². The van der Waals surface area contributed by atoms with E-state index in [0.717, 1.165) is 8.04 Å². The quantitative estimate of drug-likeness (QED) is 0.149. The van der Waals surface area contributed by atoms with E-state index in [0.29, 0.717) is 49.0 Å². The van der Waals surface area contributed by atoms with Gasteiger partial charge in [-0.15, -0.1) is 0 Å². The number of thiazole rings is 1. The number of esters is 2. The van der Waals surface area contributed by atoms with Gasteiger partial charge >= 0.3 is 11.9 Å². The summed E-state index contributed by atoms with van der Waals surface area (Å²) in [5, 5.41) is 0. The van der Waals surface area contributed by atoms with Gasteiger partial charge < -0.3 is 23.7 Å². The maximum absolute atomic E-state index is 14.4. The Morgan fingerprint density at radius 3 is 2.40 bits per heavy atom. The Labute approximate surface area is 296 Å². The molecule has 3 aromatic carbocycles. The first-order valence-corrected chi connectivity index (χ1v) is 17.2. The highest BCUT2D eigenvalue weighted by atomic mass is 127. The summed E-state index contributed by atoms with van der Waals surface area (Å²) < 4.78 is 30.8. The van der Waals surface area contributed by atoms with Gasteiger partial charge in [0.05, 0.1) is 52.8 Å². The lowest BCUT2D eigenvalue weighted by molar-refractivity contribution is -0.145. The molecular weight excluding hydrogens is 803 g/mol. The minimum atomic E-state index is -0.912. The van der Waals surface area contributed by atoms with Crippen molar-refractivity contribution in [1.29, 1.82) is 0 Å². The first-order valence-electron chi connectivity index (χ1n) is 14.5. The smallest absolute Gasteiger partial charge is 0.344 e. The summed E-state index contributed by atoms with van der Waals surface area (Å²) in [7, 11) is 3.05. The third-order valence-electron chi connectivity index (χ3n) is 7.06. The van der Waals surface area contributed by atoms with Crippen LogP contribution >= 0.6 is 49.9 Å². The van der Waals surface area contributed by atoms with Crippen LogP contribution in [0.25, 0.3) is 11.8 Å². The lowest BCUT2D eigenvalue weighted by Gasteiger charge is -2.26. The summed E-state index contributed by atoms with van der Waals surface area (Å²) in [6.45, 7) is 3.51. The molecule has 1 aromatic heterocycles. The van der Waals surface area contributed by atoms with Crippen LogP contribution in [0.3, 0.4) is 0 Å². The largest absolute Gasteiger partial charge is 0.493 e. The van der Waals surface area contributed by atoms with Gasteiger partial charge in [0.1, 0.15) is 5.75 Å². The fraction of sp³-hybridized carbons (Fsp3) is 0.235. The van der Waals surface area contributed by atoms with Crippen LogP contribution in [0.2, 0.25) is 0 Å². The van der Waals surface area contributed by atoms with Crippen molar-refractivity contribution in [1.82, 2.24) is 4.57 Å². The zero-order valence-corrected chi connectivity index (χ0v) is 30.4. The summed E-state index contributed by atoms with van der Waals surface area (Å²) in [6, 6.07) is 17.3. The molecule has 0 radical (unpaired) electrons. The van der Waals surface area contributed by atoms with Crippen LogP contribution < -0.4 is 29.1 Å². The lowest BCUT2D eigenvalue weighted by atomic mass is 9.93. The summed E-state index contributed by atoms with van der Waals surface area (Å²) in [5.74, 6) is 0.238. The molecule has 0 bridgehead atoms. The molecule has 2 heterocycles. The van der Waals surface area contributed by atoms with Crippen LogP contribution in [0, 0.1) is 3.57 Å². The molecule has 0 spiro atoms. The standard InChI is InChI=1S/C34H30BrIN2O8S/c1-5-44-27(39)18-46-31-21(14-22(35)17-23(31)36)16-26-32(40)38-30(20-12-13-24(42-3)25(15-20)43-4)28(33(41)45-6-2)29(37-34(38)47-26)19-10-8-7-9-11-19/h7-17,30H,5-6,18H2,1-4H3/b26-16-/t30-/m0/s1. The van der Waals surface area contributed by atoms with Crippen molar-refractivity contribution in [2.75, 3.05) is 34.0 Å². The molecule has 244 valence electrons. The maximum atomic E-state index is 14.4. The van der Waals surface area contributed by atoms with Crippen LogP contribution in [0.1, 0.15) is 36.6 Å². The average molecular weight is 833 g/mol. The van der Waals surface area contributed by atoms with E-state index in [1.165, 1.54) is 30.1 Å². The number of methoxy groups -OCH3 is 2. The number of carbonyl (C=O) groups excluding carboxylic acids is 2. The Kier molecular flexibility index (Phi) is 11.2. The van der Waals surface area contributed by atoms with E-state index < -0.39 is 18.0 Å². The van der Waals surface area contributed by atoms with Gasteiger partial charge in [-0.05, 0) is 72.3 Å². The van der Waals surface area contributed by atoms with Crippen LogP contribution in [0.4, 0.5) is 0 Å². The number of rotatable bonds is 11. The molecule has 5 rings (SSSR count). The van der Waals surface area contributed by atoms with Crippen molar-refractivity contribution in [2.24, 2.45) is 4.99 Å². The second-order valence-corrected chi connectivity index (χ2v) is 13.0. The molecule has 0 fully saturated rings. The van der Waals surface area contributed by atoms with Gasteiger partial charge in [-0.25, -0.2) is 14.6 Å². The second-order valence-electron chi connectivity index (χ2n) is 9.95. The molecule has 0 saturated heterocycles. The highest BCUT2D eigenvalue weighted by Crippen LogP contribution is 2.38. The van der Waals surface area contributed by atoms with Crippen LogP contribution in [-0.2, 0) is 19.1 Å². The van der Waals surface area contributed by atoms with E-state index >= 15 is 0 Å².